The van der Waals surface area contributed by atoms with Crippen LogP contribution in [-0.2, 0) is 11.2 Å². The van der Waals surface area contributed by atoms with Gasteiger partial charge in [-0.2, -0.15) is 0 Å². The highest BCUT2D eigenvalue weighted by atomic mass is 16.4. The summed E-state index contributed by atoms with van der Waals surface area (Å²) in [7, 11) is 0. The molecule has 0 unspecified atom stereocenters. The molecular weight excluding hydrogens is 254 g/mol. The number of hydrogen-bond acceptors (Lipinski definition) is 2. The minimum Gasteiger partial charge on any atom is -0.478 e. The van der Waals surface area contributed by atoms with Gasteiger partial charge >= 0.3 is 5.97 Å². The lowest BCUT2D eigenvalue weighted by Crippen LogP contribution is -2.47. The normalized spacial score (nSPS) is 11.2. The average Bonchev–Trinajstić information content (AvgIpc) is 2.45. The van der Waals surface area contributed by atoms with Crippen LogP contribution in [0.15, 0.2) is 24.3 Å². The Balaban J connectivity index is 2.76. The van der Waals surface area contributed by atoms with Crippen molar-refractivity contribution in [1.82, 2.24) is 5.32 Å². The Bertz CT molecular complexity index is 470. The van der Waals surface area contributed by atoms with Gasteiger partial charge in [0.05, 0.1) is 12.0 Å². The average molecular weight is 277 g/mol. The van der Waals surface area contributed by atoms with Crippen LogP contribution >= 0.6 is 0 Å². The van der Waals surface area contributed by atoms with E-state index in [9.17, 15) is 9.59 Å². The largest absolute Gasteiger partial charge is 0.478 e. The molecule has 0 heterocycles. The fourth-order valence-corrected chi connectivity index (χ4v) is 2.35. The number of amides is 1. The van der Waals surface area contributed by atoms with E-state index in [0.29, 0.717) is 0 Å². The standard InChI is InChI=1S/C16H23NO3/c1-4-16(5-2,6-3)17-14(18)11-12-8-7-9-13(10-12)15(19)20/h7-10H,4-6,11H2,1-3H3,(H,17,18)(H,19,20). The van der Waals surface area contributed by atoms with Crippen molar-refractivity contribution in [3.05, 3.63) is 35.4 Å². The Morgan fingerprint density at radius 1 is 1.15 bits per heavy atom. The summed E-state index contributed by atoms with van der Waals surface area (Å²) in [6.45, 7) is 6.20. The topological polar surface area (TPSA) is 66.4 Å². The quantitative estimate of drug-likeness (QED) is 0.805. The molecule has 4 heteroatoms. The van der Waals surface area contributed by atoms with Crippen LogP contribution in [0.1, 0.15) is 56.0 Å². The predicted molar refractivity (Wildman–Crippen MR) is 78.9 cm³/mol. The SMILES string of the molecule is CCC(CC)(CC)NC(=O)Cc1cccc(C(=O)O)c1. The van der Waals surface area contributed by atoms with Gasteiger partial charge in [0, 0.05) is 5.54 Å². The molecule has 4 nitrogen and oxygen atoms in total. The maximum absolute atomic E-state index is 12.1. The van der Waals surface area contributed by atoms with Gasteiger partial charge < -0.3 is 10.4 Å². The molecule has 0 saturated carbocycles. The van der Waals surface area contributed by atoms with Crippen molar-refractivity contribution in [3.8, 4) is 0 Å². The molecule has 1 amide bonds. The fraction of sp³-hybridized carbons (Fsp3) is 0.500. The lowest BCUT2D eigenvalue weighted by atomic mass is 9.89. The van der Waals surface area contributed by atoms with E-state index in [1.54, 1.807) is 18.2 Å². The molecule has 0 aliphatic heterocycles. The minimum absolute atomic E-state index is 0.0573. The number of hydrogen-bond donors (Lipinski definition) is 2. The number of carbonyl (C=O) groups is 2. The molecule has 0 atom stereocenters. The van der Waals surface area contributed by atoms with Crippen molar-refractivity contribution in [1.29, 1.82) is 0 Å². The Morgan fingerprint density at radius 3 is 2.25 bits per heavy atom. The lowest BCUT2D eigenvalue weighted by Gasteiger charge is -2.31. The van der Waals surface area contributed by atoms with Crippen LogP contribution in [0.3, 0.4) is 0 Å². The Morgan fingerprint density at radius 2 is 1.75 bits per heavy atom. The van der Waals surface area contributed by atoms with Crippen LogP contribution in [0.4, 0.5) is 0 Å². The summed E-state index contributed by atoms with van der Waals surface area (Å²) >= 11 is 0. The summed E-state index contributed by atoms with van der Waals surface area (Å²) in [5, 5.41) is 12.0. The smallest absolute Gasteiger partial charge is 0.335 e. The molecule has 0 saturated heterocycles. The molecule has 2 N–H and O–H groups in total. The van der Waals surface area contributed by atoms with E-state index in [-0.39, 0.29) is 23.4 Å². The van der Waals surface area contributed by atoms with Crippen molar-refractivity contribution >= 4 is 11.9 Å². The first-order valence-corrected chi connectivity index (χ1v) is 7.09. The molecule has 0 spiro atoms. The molecule has 1 aromatic carbocycles. The third-order valence-electron chi connectivity index (χ3n) is 3.97. The lowest BCUT2D eigenvalue weighted by molar-refractivity contribution is -0.122. The van der Waals surface area contributed by atoms with Gasteiger partial charge in [-0.15, -0.1) is 0 Å². The zero-order valence-corrected chi connectivity index (χ0v) is 12.4. The second kappa shape index (κ2) is 7.08. The first-order chi connectivity index (χ1) is 9.46. The number of aromatic carboxylic acids is 1. The molecule has 0 aromatic heterocycles. The molecule has 110 valence electrons. The number of nitrogens with one attached hydrogen (secondary N) is 1. The second-order valence-corrected chi connectivity index (χ2v) is 5.07. The number of carboxylic acids is 1. The van der Waals surface area contributed by atoms with E-state index in [2.05, 4.69) is 26.1 Å². The summed E-state index contributed by atoms with van der Waals surface area (Å²) in [5.41, 5.74) is 0.782. The van der Waals surface area contributed by atoms with Gasteiger partial charge in [0.1, 0.15) is 0 Å². The Kier molecular flexibility index (Phi) is 5.74. The second-order valence-electron chi connectivity index (χ2n) is 5.07. The summed E-state index contributed by atoms with van der Waals surface area (Å²) in [6, 6.07) is 6.52. The first-order valence-electron chi connectivity index (χ1n) is 7.09. The Labute approximate surface area is 120 Å². The minimum atomic E-state index is -0.975. The number of rotatable bonds is 7. The van der Waals surface area contributed by atoms with E-state index in [1.807, 2.05) is 0 Å². The van der Waals surface area contributed by atoms with Crippen LogP contribution in [0.2, 0.25) is 0 Å². The summed E-state index contributed by atoms with van der Waals surface area (Å²) in [6.07, 6.45) is 2.88. The molecule has 0 fully saturated rings. The van der Waals surface area contributed by atoms with Gasteiger partial charge in [0.25, 0.3) is 0 Å². The van der Waals surface area contributed by atoms with Crippen LogP contribution < -0.4 is 5.32 Å². The molecule has 0 aliphatic carbocycles. The Hall–Kier alpha value is -1.84. The molecule has 0 aliphatic rings. The maximum atomic E-state index is 12.1. The number of carboxylic acid groups (broad SMARTS) is 1. The highest BCUT2D eigenvalue weighted by Crippen LogP contribution is 2.19. The third kappa shape index (κ3) is 4.08. The number of benzene rings is 1. The first kappa shape index (κ1) is 16.2. The van der Waals surface area contributed by atoms with Crippen LogP contribution in [0, 0.1) is 0 Å². The summed E-state index contributed by atoms with van der Waals surface area (Å²) < 4.78 is 0. The van der Waals surface area contributed by atoms with E-state index < -0.39 is 5.97 Å². The van der Waals surface area contributed by atoms with E-state index in [4.69, 9.17) is 5.11 Å². The van der Waals surface area contributed by atoms with Gasteiger partial charge in [-0.1, -0.05) is 32.9 Å². The zero-order valence-electron chi connectivity index (χ0n) is 12.4. The van der Waals surface area contributed by atoms with Crippen LogP contribution in [-0.4, -0.2) is 22.5 Å². The van der Waals surface area contributed by atoms with Crippen molar-refractivity contribution in [2.24, 2.45) is 0 Å². The van der Waals surface area contributed by atoms with Crippen LogP contribution in [0.5, 0.6) is 0 Å². The highest BCUT2D eigenvalue weighted by Gasteiger charge is 2.25. The fourth-order valence-electron chi connectivity index (χ4n) is 2.35. The van der Waals surface area contributed by atoms with Gasteiger partial charge in [-0.3, -0.25) is 4.79 Å². The van der Waals surface area contributed by atoms with E-state index in [0.717, 1.165) is 24.8 Å². The van der Waals surface area contributed by atoms with Gasteiger partial charge in [0.15, 0.2) is 0 Å². The zero-order chi connectivity index (χ0) is 15.2. The van der Waals surface area contributed by atoms with Crippen molar-refractivity contribution in [2.75, 3.05) is 0 Å². The molecule has 0 bridgehead atoms. The van der Waals surface area contributed by atoms with E-state index >= 15 is 0 Å². The third-order valence-corrected chi connectivity index (χ3v) is 3.97. The highest BCUT2D eigenvalue weighted by molar-refractivity contribution is 5.88. The molecule has 1 aromatic rings. The monoisotopic (exact) mass is 277 g/mol. The van der Waals surface area contributed by atoms with E-state index in [1.165, 1.54) is 6.07 Å². The molecule has 20 heavy (non-hydrogen) atoms. The van der Waals surface area contributed by atoms with Crippen molar-refractivity contribution in [2.45, 2.75) is 52.0 Å². The molecule has 0 radical (unpaired) electrons. The predicted octanol–water partition coefficient (Wildman–Crippen LogP) is 3.01. The molecule has 1 rings (SSSR count). The summed E-state index contributed by atoms with van der Waals surface area (Å²) in [5.74, 6) is -1.03. The van der Waals surface area contributed by atoms with Gasteiger partial charge in [-0.05, 0) is 37.0 Å². The number of carbonyl (C=O) groups excluding carboxylic acids is 1. The van der Waals surface area contributed by atoms with Crippen molar-refractivity contribution < 1.29 is 14.7 Å². The summed E-state index contributed by atoms with van der Waals surface area (Å²) in [4.78, 5) is 23.0. The van der Waals surface area contributed by atoms with Gasteiger partial charge in [-0.25, -0.2) is 4.79 Å². The maximum Gasteiger partial charge on any atom is 0.335 e. The van der Waals surface area contributed by atoms with Crippen molar-refractivity contribution in [3.63, 3.8) is 0 Å². The van der Waals surface area contributed by atoms with Gasteiger partial charge in [0.2, 0.25) is 5.91 Å². The molecular formula is C16H23NO3. The van der Waals surface area contributed by atoms with Crippen LogP contribution in [0.25, 0.3) is 0 Å².